The minimum absolute atomic E-state index is 0.154. The van der Waals surface area contributed by atoms with Crippen molar-refractivity contribution in [2.24, 2.45) is 0 Å². The Morgan fingerprint density at radius 2 is 2.21 bits per heavy atom. The molecule has 6 nitrogen and oxygen atoms in total. The predicted molar refractivity (Wildman–Crippen MR) is 95.2 cm³/mol. The van der Waals surface area contributed by atoms with Crippen LogP contribution in [-0.2, 0) is 9.53 Å². The molecule has 0 bridgehead atoms. The van der Waals surface area contributed by atoms with Crippen molar-refractivity contribution in [3.05, 3.63) is 36.5 Å². The maximum Gasteiger partial charge on any atom is 0.322 e. The lowest BCUT2D eigenvalue weighted by molar-refractivity contribution is -0.141. The molecular formula is C17H19N3O3S. The number of ether oxygens (including phenoxy) is 1. The number of hydrogen-bond acceptors (Lipinski definition) is 5. The van der Waals surface area contributed by atoms with Gasteiger partial charge in [0.2, 0.25) is 0 Å². The maximum absolute atomic E-state index is 12.7. The highest BCUT2D eigenvalue weighted by atomic mass is 32.2. The van der Waals surface area contributed by atoms with Crippen molar-refractivity contribution in [3.63, 3.8) is 0 Å². The Morgan fingerprint density at radius 3 is 3.04 bits per heavy atom. The topological polar surface area (TPSA) is 71.5 Å². The van der Waals surface area contributed by atoms with Crippen molar-refractivity contribution in [3.8, 4) is 0 Å². The van der Waals surface area contributed by atoms with Gasteiger partial charge in [0.25, 0.3) is 0 Å². The number of aromatic nitrogens is 1. The summed E-state index contributed by atoms with van der Waals surface area (Å²) in [5.41, 5.74) is 1.43. The Bertz CT molecular complexity index is 747. The average Bonchev–Trinajstić information content (AvgIpc) is 2.62. The smallest absolute Gasteiger partial charge is 0.322 e. The molecule has 7 heteroatoms. The van der Waals surface area contributed by atoms with Crippen LogP contribution >= 0.6 is 11.8 Å². The standard InChI is InChI=1S/C17H19N3O3S/c1-23-15(21)10-13-11-24-9-8-20(13)17(22)19-14-6-2-4-12-5-3-7-18-16(12)14/h2-7,13H,8-11H2,1H3,(H,19,22)/t13-/m1/s1. The number of para-hydroxylation sites is 1. The first-order valence-corrected chi connectivity index (χ1v) is 8.90. The summed E-state index contributed by atoms with van der Waals surface area (Å²) in [7, 11) is 1.37. The van der Waals surface area contributed by atoms with Gasteiger partial charge >= 0.3 is 12.0 Å². The number of methoxy groups -OCH3 is 1. The minimum Gasteiger partial charge on any atom is -0.469 e. The van der Waals surface area contributed by atoms with Crippen LogP contribution in [0.1, 0.15) is 6.42 Å². The molecule has 2 heterocycles. The molecule has 0 saturated carbocycles. The molecule has 3 rings (SSSR count). The fraction of sp³-hybridized carbons (Fsp3) is 0.353. The van der Waals surface area contributed by atoms with E-state index >= 15 is 0 Å². The highest BCUT2D eigenvalue weighted by Crippen LogP contribution is 2.24. The number of esters is 1. The van der Waals surface area contributed by atoms with Crippen molar-refractivity contribution in [1.82, 2.24) is 9.88 Å². The van der Waals surface area contributed by atoms with Crippen molar-refractivity contribution in [1.29, 1.82) is 0 Å². The van der Waals surface area contributed by atoms with Gasteiger partial charge in [0.1, 0.15) is 0 Å². The number of anilines is 1. The van der Waals surface area contributed by atoms with Gasteiger partial charge in [-0.2, -0.15) is 11.8 Å². The number of urea groups is 1. The molecule has 2 amide bonds. The molecule has 0 aliphatic carbocycles. The fourth-order valence-corrected chi connectivity index (χ4v) is 3.82. The molecule has 24 heavy (non-hydrogen) atoms. The average molecular weight is 345 g/mol. The number of nitrogens with one attached hydrogen (secondary N) is 1. The van der Waals surface area contributed by atoms with Gasteiger partial charge in [-0.3, -0.25) is 9.78 Å². The summed E-state index contributed by atoms with van der Waals surface area (Å²) >= 11 is 1.74. The quantitative estimate of drug-likeness (QED) is 0.866. The van der Waals surface area contributed by atoms with Crippen LogP contribution in [0.5, 0.6) is 0 Å². The molecule has 1 atom stereocenters. The number of amides is 2. The van der Waals surface area contributed by atoms with Crippen LogP contribution in [-0.4, -0.2) is 53.1 Å². The Kier molecular flexibility index (Phi) is 5.20. The van der Waals surface area contributed by atoms with Crippen LogP contribution in [0.3, 0.4) is 0 Å². The molecule has 1 aliphatic rings. The molecule has 1 aromatic heterocycles. The Hall–Kier alpha value is -2.28. The molecule has 1 fully saturated rings. The third kappa shape index (κ3) is 3.62. The summed E-state index contributed by atoms with van der Waals surface area (Å²) in [6, 6.07) is 9.13. The SMILES string of the molecule is COC(=O)C[C@@H]1CSCCN1C(=O)Nc1cccc2cccnc12. The van der Waals surface area contributed by atoms with Gasteiger partial charge in [0.05, 0.1) is 30.8 Å². The zero-order chi connectivity index (χ0) is 16.9. The van der Waals surface area contributed by atoms with Crippen LogP contribution in [0.15, 0.2) is 36.5 Å². The zero-order valence-corrected chi connectivity index (χ0v) is 14.2. The van der Waals surface area contributed by atoms with Crippen LogP contribution in [0, 0.1) is 0 Å². The van der Waals surface area contributed by atoms with Gasteiger partial charge in [-0.15, -0.1) is 0 Å². The monoisotopic (exact) mass is 345 g/mol. The summed E-state index contributed by atoms with van der Waals surface area (Å²) in [6.07, 6.45) is 1.92. The van der Waals surface area contributed by atoms with E-state index in [1.165, 1.54) is 7.11 Å². The van der Waals surface area contributed by atoms with Crippen LogP contribution < -0.4 is 5.32 Å². The van der Waals surface area contributed by atoms with Crippen molar-refractivity contribution in [2.75, 3.05) is 30.5 Å². The Balaban J connectivity index is 1.78. The number of hydrogen-bond donors (Lipinski definition) is 1. The van der Waals surface area contributed by atoms with E-state index in [1.54, 1.807) is 22.9 Å². The first kappa shape index (κ1) is 16.6. The van der Waals surface area contributed by atoms with Crippen LogP contribution in [0.25, 0.3) is 10.9 Å². The molecule has 1 aromatic carbocycles. The molecule has 126 valence electrons. The lowest BCUT2D eigenvalue weighted by Gasteiger charge is -2.34. The highest BCUT2D eigenvalue weighted by Gasteiger charge is 2.29. The second-order valence-corrected chi connectivity index (χ2v) is 6.66. The number of nitrogens with zero attached hydrogens (tertiary/aromatic N) is 2. The number of thioether (sulfide) groups is 1. The van der Waals surface area contributed by atoms with E-state index in [-0.39, 0.29) is 24.5 Å². The highest BCUT2D eigenvalue weighted by molar-refractivity contribution is 7.99. The van der Waals surface area contributed by atoms with E-state index in [4.69, 9.17) is 4.74 Å². The van der Waals surface area contributed by atoms with Gasteiger partial charge in [0, 0.05) is 29.6 Å². The third-order valence-electron chi connectivity index (χ3n) is 3.99. The second kappa shape index (κ2) is 7.53. The normalized spacial score (nSPS) is 17.5. The largest absolute Gasteiger partial charge is 0.469 e. The van der Waals surface area contributed by atoms with E-state index < -0.39 is 0 Å². The lowest BCUT2D eigenvalue weighted by atomic mass is 10.2. The molecule has 1 saturated heterocycles. The van der Waals surface area contributed by atoms with Gasteiger partial charge < -0.3 is 15.0 Å². The summed E-state index contributed by atoms with van der Waals surface area (Å²) < 4.78 is 4.74. The van der Waals surface area contributed by atoms with Gasteiger partial charge in [-0.1, -0.05) is 18.2 Å². The van der Waals surface area contributed by atoms with Gasteiger partial charge in [0.15, 0.2) is 0 Å². The van der Waals surface area contributed by atoms with Crippen LogP contribution in [0.4, 0.5) is 10.5 Å². The van der Waals surface area contributed by atoms with Gasteiger partial charge in [-0.05, 0) is 12.1 Å². The zero-order valence-electron chi connectivity index (χ0n) is 13.4. The van der Waals surface area contributed by atoms with Crippen LogP contribution in [0.2, 0.25) is 0 Å². The summed E-state index contributed by atoms with van der Waals surface area (Å²) in [5, 5.41) is 3.91. The number of pyridine rings is 1. The number of benzene rings is 1. The van der Waals surface area contributed by atoms with Crippen molar-refractivity contribution >= 4 is 40.4 Å². The van der Waals surface area contributed by atoms with Gasteiger partial charge in [-0.25, -0.2) is 4.79 Å². The maximum atomic E-state index is 12.7. The van der Waals surface area contributed by atoms with E-state index in [0.29, 0.717) is 12.2 Å². The molecule has 2 aromatic rings. The first-order chi connectivity index (χ1) is 11.7. The number of rotatable bonds is 3. The number of carbonyl (C=O) groups is 2. The number of fused-ring (bicyclic) bond motifs is 1. The number of carbonyl (C=O) groups excluding carboxylic acids is 2. The molecule has 0 spiro atoms. The lowest BCUT2D eigenvalue weighted by Crippen LogP contribution is -2.49. The molecule has 0 radical (unpaired) electrons. The second-order valence-electron chi connectivity index (χ2n) is 5.51. The summed E-state index contributed by atoms with van der Waals surface area (Å²) in [4.78, 5) is 30.4. The molecule has 1 aliphatic heterocycles. The first-order valence-electron chi connectivity index (χ1n) is 7.75. The van der Waals surface area contributed by atoms with E-state index in [0.717, 1.165) is 22.4 Å². The van der Waals surface area contributed by atoms with Crippen molar-refractivity contribution in [2.45, 2.75) is 12.5 Å². The third-order valence-corrected chi connectivity index (χ3v) is 5.08. The van der Waals surface area contributed by atoms with E-state index in [9.17, 15) is 9.59 Å². The minimum atomic E-state index is -0.299. The molecule has 1 N–H and O–H groups in total. The molecule has 0 unspecified atom stereocenters. The summed E-state index contributed by atoms with van der Waals surface area (Å²) in [6.45, 7) is 0.607. The Labute approximate surface area is 144 Å². The predicted octanol–water partition coefficient (Wildman–Crippen LogP) is 2.75. The molecular weight excluding hydrogens is 326 g/mol. The Morgan fingerprint density at radius 1 is 1.38 bits per heavy atom. The summed E-state index contributed by atoms with van der Waals surface area (Å²) in [5.74, 6) is 1.29. The van der Waals surface area contributed by atoms with E-state index in [2.05, 4.69) is 10.3 Å². The van der Waals surface area contributed by atoms with Crippen molar-refractivity contribution < 1.29 is 14.3 Å². The fourth-order valence-electron chi connectivity index (χ4n) is 2.76. The van der Waals surface area contributed by atoms with E-state index in [1.807, 2.05) is 30.3 Å².